The molecule has 17 heavy (non-hydrogen) atoms. The molecule has 2 aliphatic rings. The molecule has 0 spiro atoms. The highest BCUT2D eigenvalue weighted by molar-refractivity contribution is 8.21. The van der Waals surface area contributed by atoms with Crippen molar-refractivity contribution in [1.29, 1.82) is 0 Å². The number of ketones is 1. The van der Waals surface area contributed by atoms with Gasteiger partial charge >= 0.3 is 0 Å². The number of rotatable bonds is 1. The van der Waals surface area contributed by atoms with Crippen molar-refractivity contribution in [2.75, 3.05) is 11.5 Å². The van der Waals surface area contributed by atoms with Crippen LogP contribution in [0.2, 0.25) is 0 Å². The van der Waals surface area contributed by atoms with E-state index in [1.165, 1.54) is 17.1 Å². The van der Waals surface area contributed by atoms with Crippen LogP contribution >= 0.6 is 23.5 Å². The summed E-state index contributed by atoms with van der Waals surface area (Å²) in [7, 11) is 0. The lowest BCUT2D eigenvalue weighted by molar-refractivity contribution is 0.0946. The Morgan fingerprint density at radius 1 is 1.18 bits per heavy atom. The summed E-state index contributed by atoms with van der Waals surface area (Å²) in [5, 5.41) is 0. The van der Waals surface area contributed by atoms with Gasteiger partial charge in [0.25, 0.3) is 0 Å². The van der Waals surface area contributed by atoms with Gasteiger partial charge in [0.1, 0.15) is 0 Å². The van der Waals surface area contributed by atoms with Gasteiger partial charge in [-0.2, -0.15) is 0 Å². The van der Waals surface area contributed by atoms with Gasteiger partial charge in [-0.15, -0.1) is 23.5 Å². The molecule has 0 N–H and O–H groups in total. The molecule has 1 unspecified atom stereocenters. The molecule has 0 saturated carbocycles. The predicted octanol–water partition coefficient (Wildman–Crippen LogP) is 3.63. The summed E-state index contributed by atoms with van der Waals surface area (Å²) in [6.45, 7) is 2.32. The lowest BCUT2D eigenvalue weighted by Gasteiger charge is -2.35. The highest BCUT2D eigenvalue weighted by Crippen LogP contribution is 2.52. The number of fused-ring (bicyclic) bond motifs is 1. The average Bonchev–Trinajstić information content (AvgIpc) is 2.78. The molecule has 90 valence electrons. The molecule has 1 heterocycles. The van der Waals surface area contributed by atoms with Gasteiger partial charge in [0.15, 0.2) is 5.78 Å². The Balaban J connectivity index is 1.91. The SMILES string of the molecule is CC1(C2CC(=O)c3ccccc3C2)SCCS1. The minimum atomic E-state index is 0.253. The predicted molar refractivity (Wildman–Crippen MR) is 75.9 cm³/mol. The Morgan fingerprint density at radius 2 is 1.88 bits per heavy atom. The normalized spacial score (nSPS) is 26.9. The summed E-state index contributed by atoms with van der Waals surface area (Å²) in [6, 6.07) is 8.11. The van der Waals surface area contributed by atoms with Crippen LogP contribution in [0.25, 0.3) is 0 Å². The van der Waals surface area contributed by atoms with Crippen molar-refractivity contribution in [2.45, 2.75) is 23.8 Å². The van der Waals surface area contributed by atoms with Crippen LogP contribution in [0.15, 0.2) is 24.3 Å². The molecule has 3 heteroatoms. The van der Waals surface area contributed by atoms with Crippen LogP contribution in [0.3, 0.4) is 0 Å². The second-order valence-corrected chi connectivity index (χ2v) is 8.25. The minimum Gasteiger partial charge on any atom is -0.294 e. The van der Waals surface area contributed by atoms with E-state index in [2.05, 4.69) is 13.0 Å². The van der Waals surface area contributed by atoms with Crippen LogP contribution in [-0.4, -0.2) is 21.4 Å². The van der Waals surface area contributed by atoms with Crippen LogP contribution in [-0.2, 0) is 6.42 Å². The van der Waals surface area contributed by atoms with Crippen molar-refractivity contribution < 1.29 is 4.79 Å². The van der Waals surface area contributed by atoms with E-state index in [9.17, 15) is 4.79 Å². The summed E-state index contributed by atoms with van der Waals surface area (Å²) < 4.78 is 0.253. The summed E-state index contributed by atoms with van der Waals surface area (Å²) >= 11 is 4.08. The van der Waals surface area contributed by atoms with Crippen molar-refractivity contribution >= 4 is 29.3 Å². The van der Waals surface area contributed by atoms with Gasteiger partial charge in [-0.3, -0.25) is 4.79 Å². The number of hydrogen-bond acceptors (Lipinski definition) is 3. The zero-order valence-corrected chi connectivity index (χ0v) is 11.6. The highest BCUT2D eigenvalue weighted by Gasteiger charge is 2.41. The van der Waals surface area contributed by atoms with Crippen molar-refractivity contribution in [1.82, 2.24) is 0 Å². The Labute approximate surface area is 111 Å². The van der Waals surface area contributed by atoms with Gasteiger partial charge in [-0.05, 0) is 24.8 Å². The van der Waals surface area contributed by atoms with Gasteiger partial charge in [-0.25, -0.2) is 0 Å². The van der Waals surface area contributed by atoms with Gasteiger partial charge in [0, 0.05) is 23.5 Å². The quantitative estimate of drug-likeness (QED) is 0.771. The standard InChI is InChI=1S/C14H16OS2/c1-14(16-6-7-17-14)11-8-10-4-2-3-5-12(10)13(15)9-11/h2-5,11H,6-9H2,1H3. The summed E-state index contributed by atoms with van der Waals surface area (Å²) in [6.07, 6.45) is 1.80. The monoisotopic (exact) mass is 264 g/mol. The van der Waals surface area contributed by atoms with Crippen LogP contribution in [0.5, 0.6) is 0 Å². The Morgan fingerprint density at radius 3 is 2.65 bits per heavy atom. The molecule has 1 aliphatic carbocycles. The summed E-state index contributed by atoms with van der Waals surface area (Å²) in [5.41, 5.74) is 2.21. The summed E-state index contributed by atoms with van der Waals surface area (Å²) in [5.74, 6) is 3.30. The molecular formula is C14H16OS2. The lowest BCUT2D eigenvalue weighted by Crippen LogP contribution is -2.33. The zero-order valence-electron chi connectivity index (χ0n) is 9.94. The van der Waals surface area contributed by atoms with Crippen LogP contribution in [0, 0.1) is 5.92 Å². The fourth-order valence-corrected chi connectivity index (χ4v) is 5.89. The number of benzene rings is 1. The smallest absolute Gasteiger partial charge is 0.163 e. The van der Waals surface area contributed by atoms with Gasteiger partial charge in [-0.1, -0.05) is 24.3 Å². The molecule has 1 aliphatic heterocycles. The van der Waals surface area contributed by atoms with Crippen LogP contribution < -0.4 is 0 Å². The lowest BCUT2D eigenvalue weighted by atomic mass is 9.81. The fraction of sp³-hybridized carbons (Fsp3) is 0.500. The summed E-state index contributed by atoms with van der Waals surface area (Å²) in [4.78, 5) is 12.2. The van der Waals surface area contributed by atoms with Crippen molar-refractivity contribution in [3.63, 3.8) is 0 Å². The third kappa shape index (κ3) is 2.04. The first-order valence-electron chi connectivity index (χ1n) is 6.08. The number of carbonyl (C=O) groups is 1. The van der Waals surface area contributed by atoms with Crippen molar-refractivity contribution in [2.24, 2.45) is 5.92 Å². The molecule has 1 atom stereocenters. The molecule has 0 aromatic heterocycles. The molecule has 1 saturated heterocycles. The molecule has 1 aromatic rings. The van der Waals surface area contributed by atoms with E-state index >= 15 is 0 Å². The molecule has 1 fully saturated rings. The largest absolute Gasteiger partial charge is 0.294 e. The number of thioether (sulfide) groups is 2. The molecular weight excluding hydrogens is 248 g/mol. The Kier molecular flexibility index (Phi) is 2.99. The molecule has 1 aromatic carbocycles. The first kappa shape index (κ1) is 11.7. The molecule has 1 nitrogen and oxygen atoms in total. The molecule has 0 bridgehead atoms. The first-order chi connectivity index (χ1) is 8.19. The second kappa shape index (κ2) is 4.36. The third-order valence-electron chi connectivity index (χ3n) is 3.82. The van der Waals surface area contributed by atoms with Crippen molar-refractivity contribution in [3.8, 4) is 0 Å². The Bertz CT molecular complexity index is 449. The van der Waals surface area contributed by atoms with Crippen LogP contribution in [0.1, 0.15) is 29.3 Å². The van der Waals surface area contributed by atoms with E-state index in [1.807, 2.05) is 41.7 Å². The minimum absolute atomic E-state index is 0.253. The van der Waals surface area contributed by atoms with E-state index in [0.29, 0.717) is 11.7 Å². The third-order valence-corrected chi connectivity index (χ3v) is 7.41. The van der Waals surface area contributed by atoms with Gasteiger partial charge < -0.3 is 0 Å². The maximum Gasteiger partial charge on any atom is 0.163 e. The number of Topliss-reactive ketones (excluding diaryl/α,β-unsaturated/α-hetero) is 1. The maximum absolute atomic E-state index is 12.2. The molecule has 0 radical (unpaired) electrons. The topological polar surface area (TPSA) is 17.1 Å². The van der Waals surface area contributed by atoms with Gasteiger partial charge in [0.2, 0.25) is 0 Å². The number of hydrogen-bond donors (Lipinski definition) is 0. The fourth-order valence-electron chi connectivity index (χ4n) is 2.78. The van der Waals surface area contributed by atoms with E-state index in [4.69, 9.17) is 0 Å². The van der Waals surface area contributed by atoms with E-state index in [-0.39, 0.29) is 4.08 Å². The van der Waals surface area contributed by atoms with E-state index < -0.39 is 0 Å². The number of carbonyl (C=O) groups excluding carboxylic acids is 1. The van der Waals surface area contributed by atoms with Crippen LogP contribution in [0.4, 0.5) is 0 Å². The van der Waals surface area contributed by atoms with E-state index in [1.54, 1.807) is 0 Å². The Hall–Kier alpha value is -0.410. The van der Waals surface area contributed by atoms with Crippen molar-refractivity contribution in [3.05, 3.63) is 35.4 Å². The highest BCUT2D eigenvalue weighted by atomic mass is 32.2. The maximum atomic E-state index is 12.2. The van der Waals surface area contributed by atoms with Gasteiger partial charge in [0.05, 0.1) is 4.08 Å². The average molecular weight is 264 g/mol. The molecule has 0 amide bonds. The second-order valence-electron chi connectivity index (χ2n) is 4.90. The first-order valence-corrected chi connectivity index (χ1v) is 8.05. The zero-order chi connectivity index (χ0) is 11.9. The van der Waals surface area contributed by atoms with E-state index in [0.717, 1.165) is 18.4 Å². The molecule has 3 rings (SSSR count).